The van der Waals surface area contributed by atoms with Crippen molar-refractivity contribution in [2.45, 2.75) is 389 Å². The lowest BCUT2D eigenvalue weighted by Crippen LogP contribution is -2.65. The summed E-state index contributed by atoms with van der Waals surface area (Å²) in [5.74, 6) is -0.239. The second-order valence-electron chi connectivity index (χ2n) is 26.4. The molecule has 2 fully saturated rings. The Labute approximate surface area is 555 Å². The summed E-state index contributed by atoms with van der Waals surface area (Å²) in [6.45, 7) is 2.73. The van der Waals surface area contributed by atoms with Crippen LogP contribution in [0.25, 0.3) is 0 Å². The number of rotatable bonds is 62. The van der Waals surface area contributed by atoms with Gasteiger partial charge in [-0.1, -0.05) is 318 Å². The molecule has 2 rings (SSSR count). The molecule has 0 bridgehead atoms. The summed E-state index contributed by atoms with van der Waals surface area (Å²) < 4.78 is 22.9. The lowest BCUT2D eigenvalue weighted by molar-refractivity contribution is -0.359. The molecule has 2 heterocycles. The fourth-order valence-corrected chi connectivity index (χ4v) is 12.2. The topological polar surface area (TPSA) is 228 Å². The van der Waals surface area contributed by atoms with Crippen LogP contribution in [0.15, 0.2) is 72.9 Å². The highest BCUT2D eigenvalue weighted by Gasteiger charge is 2.51. The molecule has 9 N–H and O–H groups in total. The first-order valence-corrected chi connectivity index (χ1v) is 37.7. The van der Waals surface area contributed by atoms with Crippen molar-refractivity contribution in [3.63, 3.8) is 0 Å². The predicted molar refractivity (Wildman–Crippen MR) is 373 cm³/mol. The van der Waals surface area contributed by atoms with Crippen LogP contribution in [-0.2, 0) is 23.7 Å². The highest BCUT2D eigenvalue weighted by atomic mass is 16.7. The van der Waals surface area contributed by atoms with Crippen LogP contribution in [0.2, 0.25) is 0 Å². The number of nitrogens with one attached hydrogen (secondary N) is 1. The van der Waals surface area contributed by atoms with Gasteiger partial charge in [0.2, 0.25) is 5.91 Å². The summed E-state index contributed by atoms with van der Waals surface area (Å²) in [5, 5.41) is 87.6. The highest BCUT2D eigenvalue weighted by Crippen LogP contribution is 2.30. The number of carbonyl (C=O) groups excluding carboxylic acids is 1. The molecule has 0 spiro atoms. The highest BCUT2D eigenvalue weighted by molar-refractivity contribution is 5.76. The van der Waals surface area contributed by atoms with Gasteiger partial charge in [-0.25, -0.2) is 0 Å². The third kappa shape index (κ3) is 44.7. The zero-order valence-electron chi connectivity index (χ0n) is 57.8. The Morgan fingerprint density at radius 1 is 0.407 bits per heavy atom. The monoisotopic (exact) mass is 1290 g/mol. The third-order valence-electron chi connectivity index (χ3n) is 18.1. The maximum absolute atomic E-state index is 13.4. The van der Waals surface area contributed by atoms with Crippen molar-refractivity contribution in [3.05, 3.63) is 72.9 Å². The van der Waals surface area contributed by atoms with Crippen LogP contribution in [0, 0.1) is 0 Å². The molecular formula is C77H139NO13. The van der Waals surface area contributed by atoms with E-state index in [4.69, 9.17) is 18.9 Å². The largest absolute Gasteiger partial charge is 0.394 e. The maximum Gasteiger partial charge on any atom is 0.220 e. The molecule has 12 unspecified atom stereocenters. The first kappa shape index (κ1) is 84.5. The molecule has 2 aliphatic rings. The maximum atomic E-state index is 13.4. The SMILES string of the molecule is CC/C=C\C/C=C\C/C=C\C/C=C\C/C=C\CCCCCCCCCCCCCCCC(=O)NC(COC1OC(CO)C(OC2OC(CO)C(O)C(O)C2O)C(O)C1O)C(O)/C=C/CCCCCCCCCCCCCCCCCCCCCCCCCCCC. The molecule has 12 atom stereocenters. The fraction of sp³-hybridized carbons (Fsp3) is 0.831. The number of aliphatic hydroxyl groups is 8. The predicted octanol–water partition coefficient (Wildman–Crippen LogP) is 16.2. The average molecular weight is 1290 g/mol. The molecule has 0 saturated carbocycles. The molecule has 2 saturated heterocycles. The van der Waals surface area contributed by atoms with E-state index < -0.39 is 86.8 Å². The van der Waals surface area contributed by atoms with Gasteiger partial charge >= 0.3 is 0 Å². The van der Waals surface area contributed by atoms with E-state index in [1.165, 1.54) is 212 Å². The Morgan fingerprint density at radius 2 is 0.758 bits per heavy atom. The third-order valence-corrected chi connectivity index (χ3v) is 18.1. The van der Waals surface area contributed by atoms with Crippen LogP contribution in [0.5, 0.6) is 0 Å². The summed E-state index contributed by atoms with van der Waals surface area (Å²) >= 11 is 0. The molecule has 0 aromatic heterocycles. The van der Waals surface area contributed by atoms with Crippen molar-refractivity contribution in [2.24, 2.45) is 0 Å². The Morgan fingerprint density at radius 3 is 1.16 bits per heavy atom. The van der Waals surface area contributed by atoms with Crippen molar-refractivity contribution in [2.75, 3.05) is 19.8 Å². The van der Waals surface area contributed by atoms with Gasteiger partial charge in [-0.2, -0.15) is 0 Å². The van der Waals surface area contributed by atoms with Crippen LogP contribution >= 0.6 is 0 Å². The summed E-state index contributed by atoms with van der Waals surface area (Å²) in [7, 11) is 0. The van der Waals surface area contributed by atoms with E-state index in [2.05, 4.69) is 79.9 Å². The smallest absolute Gasteiger partial charge is 0.220 e. The molecule has 0 radical (unpaired) electrons. The van der Waals surface area contributed by atoms with E-state index in [9.17, 15) is 45.6 Å². The van der Waals surface area contributed by atoms with Crippen LogP contribution < -0.4 is 5.32 Å². The molecule has 1 amide bonds. The van der Waals surface area contributed by atoms with Crippen molar-refractivity contribution < 1.29 is 64.6 Å². The summed E-state index contributed by atoms with van der Waals surface area (Å²) in [4.78, 5) is 13.4. The van der Waals surface area contributed by atoms with Crippen LogP contribution in [-0.4, -0.2) is 140 Å². The van der Waals surface area contributed by atoms with E-state index in [-0.39, 0.29) is 18.9 Å². The van der Waals surface area contributed by atoms with E-state index in [0.29, 0.717) is 6.42 Å². The first-order valence-electron chi connectivity index (χ1n) is 37.7. The van der Waals surface area contributed by atoms with Crippen LogP contribution in [0.4, 0.5) is 0 Å². The van der Waals surface area contributed by atoms with Gasteiger partial charge < -0.3 is 65.1 Å². The second-order valence-corrected chi connectivity index (χ2v) is 26.4. The Kier molecular flexibility index (Phi) is 56.7. The Bertz CT molecular complexity index is 1800. The van der Waals surface area contributed by atoms with Crippen molar-refractivity contribution in [1.29, 1.82) is 0 Å². The van der Waals surface area contributed by atoms with E-state index in [0.717, 1.165) is 77.0 Å². The molecular weight excluding hydrogens is 1150 g/mol. The molecule has 14 nitrogen and oxygen atoms in total. The zero-order valence-corrected chi connectivity index (χ0v) is 57.8. The summed E-state index contributed by atoms with van der Waals surface area (Å²) in [5.41, 5.74) is 0. The second kappa shape index (κ2) is 61.1. The van der Waals surface area contributed by atoms with Gasteiger partial charge in [0.15, 0.2) is 12.6 Å². The molecule has 0 aliphatic carbocycles. The number of aliphatic hydroxyl groups excluding tert-OH is 8. The summed E-state index contributed by atoms with van der Waals surface area (Å²) in [6.07, 6.45) is 66.7. The number of hydrogen-bond acceptors (Lipinski definition) is 13. The minimum Gasteiger partial charge on any atom is -0.394 e. The first-order chi connectivity index (χ1) is 44.6. The van der Waals surface area contributed by atoms with Crippen molar-refractivity contribution in [1.82, 2.24) is 5.32 Å². The Balaban J connectivity index is 1.66. The van der Waals surface area contributed by atoms with Crippen molar-refractivity contribution in [3.8, 4) is 0 Å². The Hall–Kier alpha value is -2.57. The number of hydrogen-bond donors (Lipinski definition) is 9. The lowest BCUT2D eigenvalue weighted by atomic mass is 9.97. The number of carbonyl (C=O) groups is 1. The number of unbranched alkanes of at least 4 members (excludes halogenated alkanes) is 39. The number of ether oxygens (including phenoxy) is 4. The van der Waals surface area contributed by atoms with Crippen molar-refractivity contribution >= 4 is 5.91 Å². The van der Waals surface area contributed by atoms with E-state index in [1.54, 1.807) is 6.08 Å². The normalized spacial score (nSPS) is 23.2. The number of allylic oxidation sites excluding steroid dienone is 11. The number of amides is 1. The minimum absolute atomic E-state index is 0.239. The van der Waals surface area contributed by atoms with Gasteiger partial charge in [0.25, 0.3) is 0 Å². The standard InChI is InChI=1S/C77H139NO13/c1-3-5-7-9-11-13-15-17-19-21-23-25-27-29-31-33-35-37-39-41-43-45-47-49-51-53-55-57-59-61-69(82)78-65(64-88-76-74(87)72(85)75(68(63-80)90-76)91-77-73(86)71(84)70(83)67(62-79)89-77)66(81)60-58-56-54-52-50-48-46-44-42-40-38-36-34-32-30-28-26-24-22-20-18-16-14-12-10-8-6-4-2/h5,7,11,13,17,19,23,25,29,31,58,60,65-68,70-77,79-81,83-87H,3-4,6,8-10,12,14-16,18,20-22,24,26-28,30,32-57,59,61-64H2,1-2H3,(H,78,82)/b7-5-,13-11-,19-17-,25-23-,31-29-,60-58+. The lowest BCUT2D eigenvalue weighted by Gasteiger charge is -2.46. The molecule has 2 aliphatic heterocycles. The van der Waals surface area contributed by atoms with Crippen LogP contribution in [0.3, 0.4) is 0 Å². The quantitative estimate of drug-likeness (QED) is 0.0204. The zero-order chi connectivity index (χ0) is 65.9. The van der Waals surface area contributed by atoms with Gasteiger partial charge in [0.05, 0.1) is 32.0 Å². The van der Waals surface area contributed by atoms with Gasteiger partial charge in [0, 0.05) is 6.42 Å². The molecule has 530 valence electrons. The molecule has 0 aromatic carbocycles. The van der Waals surface area contributed by atoms with E-state index >= 15 is 0 Å². The fourth-order valence-electron chi connectivity index (χ4n) is 12.2. The van der Waals surface area contributed by atoms with E-state index in [1.807, 2.05) is 6.08 Å². The van der Waals surface area contributed by atoms with Gasteiger partial charge in [0.1, 0.15) is 48.8 Å². The molecule has 0 aromatic rings. The van der Waals surface area contributed by atoms with Gasteiger partial charge in [-0.15, -0.1) is 0 Å². The van der Waals surface area contributed by atoms with Gasteiger partial charge in [-0.05, 0) is 64.2 Å². The van der Waals surface area contributed by atoms with Gasteiger partial charge in [-0.3, -0.25) is 4.79 Å². The summed E-state index contributed by atoms with van der Waals surface area (Å²) in [6, 6.07) is -0.920. The molecule has 14 heteroatoms. The molecule has 91 heavy (non-hydrogen) atoms. The minimum atomic E-state index is -1.79. The van der Waals surface area contributed by atoms with Crippen LogP contribution in [0.1, 0.15) is 316 Å². The average Bonchev–Trinajstić information content (AvgIpc) is 1.06.